The largest absolute Gasteiger partial charge is 0.338 e. The number of carbonyl (C=O) groups is 2. The van der Waals surface area contributed by atoms with Crippen LogP contribution in [0.1, 0.15) is 319 Å². The average Bonchev–Trinajstić information content (AvgIpc) is 3.38. The quantitative estimate of drug-likeness (QED) is 0.0615. The Bertz CT molecular complexity index is 983. The number of amides is 2. The molecule has 1 fully saturated rings. The maximum absolute atomic E-state index is 13.6. The summed E-state index contributed by atoms with van der Waals surface area (Å²) in [6, 6.07) is 0. The van der Waals surface area contributed by atoms with Crippen LogP contribution in [0.25, 0.3) is 0 Å². The molecule has 7 nitrogen and oxygen atoms in total. The molecule has 1 aliphatic heterocycles. The Balaban J connectivity index is -0.00000268. The van der Waals surface area contributed by atoms with E-state index >= 15 is 0 Å². The van der Waals surface area contributed by atoms with Crippen LogP contribution in [0.3, 0.4) is 0 Å². The molecule has 1 aliphatic rings. The Morgan fingerprint density at radius 2 is 0.521 bits per heavy atom. The van der Waals surface area contributed by atoms with Gasteiger partial charge in [0.15, 0.2) is 0 Å². The molecule has 0 atom stereocenters. The molecular weight excluding hydrogens is 1100 g/mol. The normalized spacial score (nSPS) is 12.5. The first-order valence-electron chi connectivity index (χ1n) is 32.2. The van der Waals surface area contributed by atoms with E-state index in [0.29, 0.717) is 39.3 Å². The molecule has 0 bridgehead atoms. The maximum Gasteiger partial charge on any atom is 0.236 e. The van der Waals surface area contributed by atoms with Crippen molar-refractivity contribution in [1.82, 2.24) is 24.9 Å². The minimum Gasteiger partial charge on any atom is -0.338 e. The summed E-state index contributed by atoms with van der Waals surface area (Å²) in [6.45, 7) is 27.5. The van der Waals surface area contributed by atoms with Gasteiger partial charge in [0.25, 0.3) is 0 Å². The second kappa shape index (κ2) is 64.2. The Kier molecular flexibility index (Phi) is 67.9. The van der Waals surface area contributed by atoms with Crippen molar-refractivity contribution in [2.75, 3.05) is 78.5 Å². The maximum atomic E-state index is 13.6. The van der Waals surface area contributed by atoms with E-state index in [-0.39, 0.29) is 42.9 Å². The van der Waals surface area contributed by atoms with E-state index in [1.807, 2.05) is 23.6 Å². The fraction of sp³-hybridized carbons (Fsp3) is 0.968. The first-order chi connectivity index (χ1) is 34.5. The standard InChI is InChI=1S/C49H99N5O2.C12H26.C2H6.U/c1-5-9-13-17-21-22-23-24-28-32-36-50-37-41-52(40-35-31-27-20-16-12-8-4)47-49(56)54-44-42-53(43-45-54)48(55)46-51(38-33-29-25-18-14-10-6-2)39-34-30-26-19-15-11-7-3;1-3-5-7-9-11-12-10-8-6-4-2;1-2;/h50H,5-47H2,1-4H3;3-12H2,1-2H3;1-2H3;. The fourth-order valence-electron chi connectivity index (χ4n) is 9.87. The van der Waals surface area contributed by atoms with E-state index < -0.39 is 0 Å². The molecule has 0 saturated carbocycles. The number of unbranched alkanes of at least 4 members (excludes halogenated alkanes) is 36. The zero-order valence-corrected chi connectivity index (χ0v) is 54.2. The van der Waals surface area contributed by atoms with Gasteiger partial charge >= 0.3 is 0 Å². The fourth-order valence-corrected chi connectivity index (χ4v) is 9.87. The number of rotatable bonds is 51. The van der Waals surface area contributed by atoms with Crippen molar-refractivity contribution < 1.29 is 40.7 Å². The van der Waals surface area contributed by atoms with Crippen LogP contribution < -0.4 is 5.32 Å². The van der Waals surface area contributed by atoms with Gasteiger partial charge in [-0.3, -0.25) is 19.4 Å². The Labute approximate surface area is 471 Å². The topological polar surface area (TPSA) is 59.1 Å². The van der Waals surface area contributed by atoms with Gasteiger partial charge in [-0.25, -0.2) is 0 Å². The van der Waals surface area contributed by atoms with Crippen LogP contribution >= 0.6 is 0 Å². The Hall–Kier alpha value is -0.128. The molecule has 0 aliphatic carbocycles. The van der Waals surface area contributed by atoms with Crippen LogP contribution in [0.2, 0.25) is 0 Å². The van der Waals surface area contributed by atoms with E-state index in [1.165, 1.54) is 263 Å². The third-order valence-corrected chi connectivity index (χ3v) is 14.7. The van der Waals surface area contributed by atoms with Crippen molar-refractivity contribution in [3.63, 3.8) is 0 Å². The van der Waals surface area contributed by atoms with Gasteiger partial charge in [0.2, 0.25) is 11.8 Å². The summed E-state index contributed by atoms with van der Waals surface area (Å²) < 4.78 is 0. The molecule has 424 valence electrons. The van der Waals surface area contributed by atoms with Crippen molar-refractivity contribution in [1.29, 1.82) is 0 Å². The SMILES string of the molecule is CC.CCCCCCCCCCCC.CCCCCCCCCCCCNCCN(CCCCCCCCC)CC(=O)N1CCN(C(=O)CN(CCCCCCCCC)CCCCCCCCC)CC1.[U]. The average molecular weight is 1230 g/mol. The zero-order valence-electron chi connectivity index (χ0n) is 50.1. The predicted octanol–water partition coefficient (Wildman–Crippen LogP) is 18.0. The third kappa shape index (κ3) is 54.5. The van der Waals surface area contributed by atoms with Crippen LogP contribution in [0.5, 0.6) is 0 Å². The first-order valence-corrected chi connectivity index (χ1v) is 32.2. The third-order valence-electron chi connectivity index (χ3n) is 14.7. The van der Waals surface area contributed by atoms with Crippen LogP contribution in [-0.4, -0.2) is 110 Å². The minimum atomic E-state index is 0. The van der Waals surface area contributed by atoms with Gasteiger partial charge in [-0.05, 0) is 51.9 Å². The van der Waals surface area contributed by atoms with Crippen molar-refractivity contribution in [2.24, 2.45) is 0 Å². The van der Waals surface area contributed by atoms with Crippen molar-refractivity contribution >= 4 is 11.8 Å². The van der Waals surface area contributed by atoms with Gasteiger partial charge in [0.05, 0.1) is 13.1 Å². The molecule has 71 heavy (non-hydrogen) atoms. The number of nitrogens with zero attached hydrogens (tertiary/aromatic N) is 4. The zero-order chi connectivity index (χ0) is 51.6. The summed E-state index contributed by atoms with van der Waals surface area (Å²) >= 11 is 0. The smallest absolute Gasteiger partial charge is 0.236 e. The summed E-state index contributed by atoms with van der Waals surface area (Å²) in [5.41, 5.74) is 0. The molecule has 0 spiro atoms. The summed E-state index contributed by atoms with van der Waals surface area (Å²) in [7, 11) is 0. The van der Waals surface area contributed by atoms with Crippen LogP contribution in [0.15, 0.2) is 0 Å². The van der Waals surface area contributed by atoms with Crippen molar-refractivity contribution in [3.05, 3.63) is 0 Å². The van der Waals surface area contributed by atoms with Gasteiger partial charge in [-0.15, -0.1) is 0 Å². The number of hydrogen-bond donors (Lipinski definition) is 1. The Morgan fingerprint density at radius 1 is 0.310 bits per heavy atom. The molecular formula is C63H131N5O2U. The predicted molar refractivity (Wildman–Crippen MR) is 314 cm³/mol. The van der Waals surface area contributed by atoms with Crippen LogP contribution in [0.4, 0.5) is 0 Å². The van der Waals surface area contributed by atoms with Crippen molar-refractivity contribution in [3.8, 4) is 0 Å². The minimum absolute atomic E-state index is 0. The summed E-state index contributed by atoms with van der Waals surface area (Å²) in [5, 5.41) is 3.69. The molecule has 0 aromatic heterocycles. The van der Waals surface area contributed by atoms with E-state index in [9.17, 15) is 9.59 Å². The first kappa shape index (κ1) is 75.1. The molecule has 0 aromatic rings. The van der Waals surface area contributed by atoms with Crippen molar-refractivity contribution in [2.45, 2.75) is 319 Å². The second-order valence-corrected chi connectivity index (χ2v) is 21.4. The molecule has 1 heterocycles. The summed E-state index contributed by atoms with van der Waals surface area (Å²) in [4.78, 5) is 36.1. The summed E-state index contributed by atoms with van der Waals surface area (Å²) in [6.07, 6.45) is 55.5. The Morgan fingerprint density at radius 3 is 0.775 bits per heavy atom. The van der Waals surface area contributed by atoms with E-state index in [0.717, 1.165) is 39.3 Å². The van der Waals surface area contributed by atoms with E-state index in [2.05, 4.69) is 56.7 Å². The molecule has 0 aromatic carbocycles. The molecule has 1 rings (SSSR count). The van der Waals surface area contributed by atoms with E-state index in [4.69, 9.17) is 0 Å². The number of hydrogen-bond acceptors (Lipinski definition) is 5. The summed E-state index contributed by atoms with van der Waals surface area (Å²) in [5.74, 6) is 0.506. The molecule has 0 radical (unpaired) electrons. The van der Waals surface area contributed by atoms with Gasteiger partial charge in [0.1, 0.15) is 0 Å². The monoisotopic (exact) mass is 1230 g/mol. The van der Waals surface area contributed by atoms with E-state index in [1.54, 1.807) is 0 Å². The molecule has 8 heteroatoms. The number of piperazine rings is 1. The van der Waals surface area contributed by atoms with Crippen LogP contribution in [0, 0.1) is 31.1 Å². The van der Waals surface area contributed by atoms with Gasteiger partial charge in [-0.2, -0.15) is 0 Å². The van der Waals surface area contributed by atoms with Gasteiger partial charge in [-0.1, -0.05) is 293 Å². The molecule has 1 saturated heterocycles. The number of carbonyl (C=O) groups excluding carboxylic acids is 2. The molecule has 0 unspecified atom stereocenters. The van der Waals surface area contributed by atoms with Crippen LogP contribution in [-0.2, 0) is 9.59 Å². The second-order valence-electron chi connectivity index (χ2n) is 21.4. The molecule has 1 N–H and O–H groups in total. The van der Waals surface area contributed by atoms with Gasteiger partial charge in [0, 0.05) is 70.4 Å². The molecule has 2 amide bonds. The van der Waals surface area contributed by atoms with Gasteiger partial charge < -0.3 is 15.1 Å². The number of nitrogens with one attached hydrogen (secondary N) is 1.